The maximum absolute atomic E-state index is 11.8. The van der Waals surface area contributed by atoms with E-state index < -0.39 is 12.1 Å². The maximum Gasteiger partial charge on any atom is 0.490 e. The Labute approximate surface area is 165 Å². The van der Waals surface area contributed by atoms with Crippen molar-refractivity contribution in [3.8, 4) is 5.75 Å². The number of rotatable bonds is 3. The van der Waals surface area contributed by atoms with Gasteiger partial charge in [0.25, 0.3) is 0 Å². The number of aromatic hydroxyl groups is 1. The standard InChI is InChI=1S/C17H22N2O3.C2HF3O2/c1-22-15(21)16-10-17(11-16,12-16)19-8-6-18(7-9-19)13-4-2-3-5-14(13)20;3-2(4,5)1(6)7/h2-5,20H,6-12H2,1H3;(H,6,7). The molecule has 4 fully saturated rings. The molecule has 0 atom stereocenters. The number of nitrogens with zero attached hydrogens (tertiary/aromatic N) is 2. The molecule has 5 rings (SSSR count). The van der Waals surface area contributed by atoms with Crippen LogP contribution < -0.4 is 4.90 Å². The van der Waals surface area contributed by atoms with Gasteiger partial charge in [0.1, 0.15) is 5.75 Å². The molecule has 0 amide bonds. The van der Waals surface area contributed by atoms with E-state index in [0.717, 1.165) is 51.1 Å². The molecule has 0 radical (unpaired) electrons. The van der Waals surface area contributed by atoms with Gasteiger partial charge in [0, 0.05) is 31.7 Å². The summed E-state index contributed by atoms with van der Waals surface area (Å²) in [6.07, 6.45) is -2.20. The van der Waals surface area contributed by atoms with Crippen molar-refractivity contribution in [2.45, 2.75) is 31.0 Å². The number of phenolic OH excluding ortho intramolecular Hbond substituents is 1. The van der Waals surface area contributed by atoms with Gasteiger partial charge in [0.15, 0.2) is 0 Å². The Kier molecular flexibility index (Phi) is 5.42. The molecule has 2 N–H and O–H groups in total. The van der Waals surface area contributed by atoms with Crippen LogP contribution in [0.1, 0.15) is 19.3 Å². The number of benzene rings is 1. The molecule has 0 aromatic heterocycles. The van der Waals surface area contributed by atoms with Gasteiger partial charge >= 0.3 is 18.1 Å². The number of methoxy groups -OCH3 is 1. The van der Waals surface area contributed by atoms with E-state index in [0.29, 0.717) is 5.75 Å². The number of aliphatic carboxylic acids is 1. The van der Waals surface area contributed by atoms with Crippen molar-refractivity contribution < 1.29 is 37.7 Å². The second-order valence-electron chi connectivity index (χ2n) is 7.79. The molecule has 1 aromatic carbocycles. The Hall–Kier alpha value is -2.49. The van der Waals surface area contributed by atoms with Crippen LogP contribution in [0.3, 0.4) is 0 Å². The summed E-state index contributed by atoms with van der Waals surface area (Å²) < 4.78 is 36.7. The van der Waals surface area contributed by atoms with Crippen LogP contribution in [0.2, 0.25) is 0 Å². The van der Waals surface area contributed by atoms with E-state index in [4.69, 9.17) is 14.6 Å². The van der Waals surface area contributed by atoms with Crippen molar-refractivity contribution in [2.75, 3.05) is 38.2 Å². The van der Waals surface area contributed by atoms with Gasteiger partial charge in [-0.25, -0.2) is 4.79 Å². The Morgan fingerprint density at radius 2 is 1.59 bits per heavy atom. The molecule has 29 heavy (non-hydrogen) atoms. The monoisotopic (exact) mass is 416 g/mol. The molecule has 1 aliphatic heterocycles. The van der Waals surface area contributed by atoms with Crippen LogP contribution in [0, 0.1) is 5.41 Å². The third-order valence-electron chi connectivity index (χ3n) is 6.04. The molecular weight excluding hydrogens is 393 g/mol. The Morgan fingerprint density at radius 1 is 1.07 bits per heavy atom. The highest BCUT2D eigenvalue weighted by atomic mass is 19.4. The summed E-state index contributed by atoms with van der Waals surface area (Å²) in [6.45, 7) is 3.83. The van der Waals surface area contributed by atoms with Gasteiger partial charge in [-0.15, -0.1) is 0 Å². The van der Waals surface area contributed by atoms with E-state index in [1.165, 1.54) is 7.11 Å². The Bertz CT molecular complexity index is 771. The Balaban J connectivity index is 0.000000298. The fourth-order valence-electron chi connectivity index (χ4n) is 4.66. The first kappa shape index (κ1) is 21.2. The van der Waals surface area contributed by atoms with E-state index in [2.05, 4.69) is 9.80 Å². The summed E-state index contributed by atoms with van der Waals surface area (Å²) in [7, 11) is 1.49. The van der Waals surface area contributed by atoms with Crippen LogP contribution in [-0.2, 0) is 14.3 Å². The van der Waals surface area contributed by atoms with Gasteiger partial charge in [-0.05, 0) is 31.4 Å². The maximum atomic E-state index is 11.8. The van der Waals surface area contributed by atoms with Crippen molar-refractivity contribution in [3.05, 3.63) is 24.3 Å². The minimum Gasteiger partial charge on any atom is -0.506 e. The molecule has 1 heterocycles. The van der Waals surface area contributed by atoms with Crippen LogP contribution in [-0.4, -0.2) is 72.1 Å². The highest BCUT2D eigenvalue weighted by Crippen LogP contribution is 2.70. The highest BCUT2D eigenvalue weighted by molar-refractivity contribution is 5.82. The lowest BCUT2D eigenvalue weighted by Gasteiger charge is -2.72. The van der Waals surface area contributed by atoms with Crippen LogP contribution in [0.25, 0.3) is 0 Å². The molecule has 0 unspecified atom stereocenters. The zero-order valence-corrected chi connectivity index (χ0v) is 15.9. The number of carbonyl (C=O) groups is 2. The minimum absolute atomic E-state index is 0.0257. The smallest absolute Gasteiger partial charge is 0.490 e. The molecule has 10 heteroatoms. The van der Waals surface area contributed by atoms with Gasteiger partial charge in [0.2, 0.25) is 0 Å². The molecule has 4 aliphatic rings. The average Bonchev–Trinajstić information content (AvgIpc) is 2.60. The quantitative estimate of drug-likeness (QED) is 0.731. The number of carboxylic acid groups (broad SMARTS) is 1. The number of para-hydroxylation sites is 2. The number of piperazine rings is 1. The van der Waals surface area contributed by atoms with E-state index in [9.17, 15) is 23.1 Å². The fraction of sp³-hybridized carbons (Fsp3) is 0.579. The zero-order chi connectivity index (χ0) is 21.4. The summed E-state index contributed by atoms with van der Waals surface area (Å²) in [5, 5.41) is 17.1. The second kappa shape index (κ2) is 7.40. The predicted molar refractivity (Wildman–Crippen MR) is 96.6 cm³/mol. The average molecular weight is 416 g/mol. The van der Waals surface area contributed by atoms with E-state index in [1.807, 2.05) is 18.2 Å². The lowest BCUT2D eigenvalue weighted by molar-refractivity contribution is -0.234. The fourth-order valence-corrected chi connectivity index (χ4v) is 4.66. The van der Waals surface area contributed by atoms with Gasteiger partial charge in [-0.3, -0.25) is 9.69 Å². The first-order valence-corrected chi connectivity index (χ1v) is 9.20. The summed E-state index contributed by atoms with van der Waals surface area (Å²) >= 11 is 0. The number of hydrogen-bond donors (Lipinski definition) is 2. The normalized spacial score (nSPS) is 28.3. The molecular formula is C19H23F3N2O5. The van der Waals surface area contributed by atoms with Gasteiger partial charge in [-0.2, -0.15) is 13.2 Å². The molecule has 1 saturated heterocycles. The summed E-state index contributed by atoms with van der Waals surface area (Å²) in [4.78, 5) is 25.5. The number of carbonyl (C=O) groups excluding carboxylic acids is 1. The van der Waals surface area contributed by atoms with Crippen LogP contribution in [0.5, 0.6) is 5.75 Å². The summed E-state index contributed by atoms with van der Waals surface area (Å²) in [5.41, 5.74) is 1.01. The number of ether oxygens (including phenoxy) is 1. The van der Waals surface area contributed by atoms with Gasteiger partial charge in [-0.1, -0.05) is 12.1 Å². The van der Waals surface area contributed by atoms with Crippen LogP contribution in [0.15, 0.2) is 24.3 Å². The number of alkyl halides is 3. The Morgan fingerprint density at radius 3 is 2.03 bits per heavy atom. The lowest BCUT2D eigenvalue weighted by atomic mass is 9.38. The lowest BCUT2D eigenvalue weighted by Crippen LogP contribution is -2.78. The van der Waals surface area contributed by atoms with Crippen molar-refractivity contribution in [1.82, 2.24) is 4.90 Å². The predicted octanol–water partition coefficient (Wildman–Crippen LogP) is 2.24. The van der Waals surface area contributed by atoms with Gasteiger partial charge in [0.05, 0.1) is 18.2 Å². The topological polar surface area (TPSA) is 90.3 Å². The molecule has 3 aliphatic carbocycles. The van der Waals surface area contributed by atoms with Gasteiger partial charge < -0.3 is 19.8 Å². The van der Waals surface area contributed by atoms with Crippen molar-refractivity contribution in [3.63, 3.8) is 0 Å². The minimum atomic E-state index is -5.08. The SMILES string of the molecule is COC(=O)C12CC(N3CCN(c4ccccc4O)CC3)(C1)C2.O=C(O)C(F)(F)F. The summed E-state index contributed by atoms with van der Waals surface area (Å²) in [6, 6.07) is 7.52. The van der Waals surface area contributed by atoms with Crippen LogP contribution in [0.4, 0.5) is 18.9 Å². The summed E-state index contributed by atoms with van der Waals surface area (Å²) in [5.74, 6) is -2.43. The highest BCUT2D eigenvalue weighted by Gasteiger charge is 2.74. The first-order valence-electron chi connectivity index (χ1n) is 9.20. The van der Waals surface area contributed by atoms with Crippen molar-refractivity contribution >= 4 is 17.6 Å². The number of anilines is 1. The number of esters is 1. The van der Waals surface area contributed by atoms with Crippen molar-refractivity contribution in [2.24, 2.45) is 5.41 Å². The molecule has 160 valence electrons. The zero-order valence-electron chi connectivity index (χ0n) is 15.9. The molecule has 0 spiro atoms. The number of carboxylic acids is 1. The van der Waals surface area contributed by atoms with Crippen LogP contribution >= 0.6 is 0 Å². The third-order valence-corrected chi connectivity index (χ3v) is 6.04. The van der Waals surface area contributed by atoms with E-state index >= 15 is 0 Å². The number of halogens is 3. The number of hydrogen-bond acceptors (Lipinski definition) is 6. The first-order chi connectivity index (χ1) is 13.5. The molecule has 1 aromatic rings. The molecule has 3 saturated carbocycles. The van der Waals surface area contributed by atoms with Crippen molar-refractivity contribution in [1.29, 1.82) is 0 Å². The molecule has 2 bridgehead atoms. The number of phenols is 1. The third kappa shape index (κ3) is 3.85. The van der Waals surface area contributed by atoms with E-state index in [-0.39, 0.29) is 16.9 Å². The largest absolute Gasteiger partial charge is 0.506 e. The molecule has 7 nitrogen and oxygen atoms in total. The second-order valence-corrected chi connectivity index (χ2v) is 7.79. The van der Waals surface area contributed by atoms with E-state index in [1.54, 1.807) is 6.07 Å².